The summed E-state index contributed by atoms with van der Waals surface area (Å²) in [6.45, 7) is 5.46. The summed E-state index contributed by atoms with van der Waals surface area (Å²) in [6.07, 6.45) is 2.52. The molecule has 1 atom stereocenters. The minimum atomic E-state index is 0.262. The van der Waals surface area contributed by atoms with Gasteiger partial charge in [0, 0.05) is 19.7 Å². The highest BCUT2D eigenvalue weighted by Gasteiger charge is 2.41. The van der Waals surface area contributed by atoms with Crippen LogP contribution in [0.4, 0.5) is 0 Å². The lowest BCUT2D eigenvalue weighted by molar-refractivity contribution is -0.123. The number of ether oxygens (including phenoxy) is 1. The lowest BCUT2D eigenvalue weighted by Crippen LogP contribution is -2.63. The maximum absolute atomic E-state index is 5.71. The van der Waals surface area contributed by atoms with Gasteiger partial charge in [-0.3, -0.25) is 0 Å². The fourth-order valence-electron chi connectivity index (χ4n) is 1.92. The zero-order chi connectivity index (χ0) is 7.03. The number of nitrogens with one attached hydrogen (secondary N) is 1. The van der Waals surface area contributed by atoms with Crippen LogP contribution in [0.3, 0.4) is 0 Å². The van der Waals surface area contributed by atoms with E-state index in [0.29, 0.717) is 0 Å². The molecular formula is C8H15NO. The van der Waals surface area contributed by atoms with E-state index >= 15 is 0 Å². The van der Waals surface area contributed by atoms with Crippen molar-refractivity contribution in [2.24, 2.45) is 5.92 Å². The zero-order valence-electron chi connectivity index (χ0n) is 6.52. The fourth-order valence-corrected chi connectivity index (χ4v) is 1.92. The summed E-state index contributed by atoms with van der Waals surface area (Å²) >= 11 is 0. The monoisotopic (exact) mass is 141 g/mol. The van der Waals surface area contributed by atoms with Crippen LogP contribution in [0.1, 0.15) is 19.8 Å². The van der Waals surface area contributed by atoms with Crippen molar-refractivity contribution in [3.63, 3.8) is 0 Å². The number of hydrogen-bond acceptors (Lipinski definition) is 2. The van der Waals surface area contributed by atoms with Crippen LogP contribution in [0, 0.1) is 5.92 Å². The van der Waals surface area contributed by atoms with Gasteiger partial charge >= 0.3 is 0 Å². The van der Waals surface area contributed by atoms with Crippen molar-refractivity contribution in [1.29, 1.82) is 0 Å². The molecule has 0 aromatic heterocycles. The minimum Gasteiger partial charge on any atom is -0.372 e. The summed E-state index contributed by atoms with van der Waals surface area (Å²) < 4.78 is 5.71. The molecule has 0 aromatic rings. The highest BCUT2D eigenvalue weighted by atomic mass is 16.5. The molecule has 0 aromatic carbocycles. The molecule has 2 heteroatoms. The van der Waals surface area contributed by atoms with Crippen molar-refractivity contribution in [1.82, 2.24) is 5.32 Å². The van der Waals surface area contributed by atoms with Crippen LogP contribution in [-0.2, 0) is 4.74 Å². The Labute approximate surface area is 61.9 Å². The van der Waals surface area contributed by atoms with E-state index in [0.717, 1.165) is 25.6 Å². The van der Waals surface area contributed by atoms with E-state index in [1.807, 2.05) is 0 Å². The van der Waals surface area contributed by atoms with Crippen LogP contribution in [0.2, 0.25) is 0 Å². The standard InChI is InChI=1S/C8H15NO/c1-7-2-3-10-8(4-7)5-9-6-8/h7,9H,2-6H2,1H3. The Morgan fingerprint density at radius 1 is 1.50 bits per heavy atom. The highest BCUT2D eigenvalue weighted by Crippen LogP contribution is 2.31. The van der Waals surface area contributed by atoms with E-state index < -0.39 is 0 Å². The van der Waals surface area contributed by atoms with Gasteiger partial charge in [0.1, 0.15) is 0 Å². The lowest BCUT2D eigenvalue weighted by Gasteiger charge is -2.47. The smallest absolute Gasteiger partial charge is 0.0932 e. The molecule has 10 heavy (non-hydrogen) atoms. The van der Waals surface area contributed by atoms with Crippen molar-refractivity contribution in [3.05, 3.63) is 0 Å². The van der Waals surface area contributed by atoms with Crippen LogP contribution in [0.15, 0.2) is 0 Å². The van der Waals surface area contributed by atoms with Gasteiger partial charge in [0.15, 0.2) is 0 Å². The van der Waals surface area contributed by atoms with Crippen molar-refractivity contribution in [2.45, 2.75) is 25.4 Å². The van der Waals surface area contributed by atoms with Gasteiger partial charge in [0.2, 0.25) is 0 Å². The van der Waals surface area contributed by atoms with E-state index in [-0.39, 0.29) is 5.60 Å². The molecule has 0 aliphatic carbocycles. The maximum Gasteiger partial charge on any atom is 0.0932 e. The van der Waals surface area contributed by atoms with Gasteiger partial charge < -0.3 is 10.1 Å². The molecular weight excluding hydrogens is 126 g/mol. The Morgan fingerprint density at radius 3 is 2.70 bits per heavy atom. The average Bonchev–Trinajstić information content (AvgIpc) is 1.85. The summed E-state index contributed by atoms with van der Waals surface area (Å²) in [5, 5.41) is 3.27. The van der Waals surface area contributed by atoms with E-state index in [9.17, 15) is 0 Å². The highest BCUT2D eigenvalue weighted by molar-refractivity contribution is 4.97. The van der Waals surface area contributed by atoms with E-state index in [4.69, 9.17) is 4.74 Å². The molecule has 1 N–H and O–H groups in total. The Hall–Kier alpha value is -0.0800. The maximum atomic E-state index is 5.71. The Morgan fingerprint density at radius 2 is 2.30 bits per heavy atom. The number of rotatable bonds is 0. The summed E-state index contributed by atoms with van der Waals surface area (Å²) in [5.41, 5.74) is 0.262. The molecule has 2 aliphatic heterocycles. The first kappa shape index (κ1) is 6.62. The van der Waals surface area contributed by atoms with Crippen LogP contribution in [-0.4, -0.2) is 25.3 Å². The average molecular weight is 141 g/mol. The molecule has 0 radical (unpaired) electrons. The molecule has 0 amide bonds. The predicted molar refractivity (Wildman–Crippen MR) is 40.0 cm³/mol. The molecule has 1 unspecified atom stereocenters. The van der Waals surface area contributed by atoms with Crippen LogP contribution < -0.4 is 5.32 Å². The SMILES string of the molecule is CC1CCOC2(CNC2)C1. The molecule has 1 spiro atoms. The van der Waals surface area contributed by atoms with Gasteiger partial charge in [0.05, 0.1) is 5.60 Å². The van der Waals surface area contributed by atoms with Crippen LogP contribution >= 0.6 is 0 Å². The predicted octanol–water partition coefficient (Wildman–Crippen LogP) is 0.775. The van der Waals surface area contributed by atoms with Crippen molar-refractivity contribution in [3.8, 4) is 0 Å². The summed E-state index contributed by atoms with van der Waals surface area (Å²) in [4.78, 5) is 0. The quantitative estimate of drug-likeness (QED) is 0.538. The first-order valence-corrected chi connectivity index (χ1v) is 4.15. The molecule has 2 nitrogen and oxygen atoms in total. The second-order valence-electron chi connectivity index (χ2n) is 3.73. The van der Waals surface area contributed by atoms with Crippen molar-refractivity contribution in [2.75, 3.05) is 19.7 Å². The van der Waals surface area contributed by atoms with Gasteiger partial charge in [-0.15, -0.1) is 0 Å². The van der Waals surface area contributed by atoms with Gasteiger partial charge in [-0.05, 0) is 18.8 Å². The summed E-state index contributed by atoms with van der Waals surface area (Å²) in [6, 6.07) is 0. The second-order valence-corrected chi connectivity index (χ2v) is 3.73. The summed E-state index contributed by atoms with van der Waals surface area (Å²) in [5.74, 6) is 0.871. The molecule has 0 saturated carbocycles. The van der Waals surface area contributed by atoms with Gasteiger partial charge in [-0.2, -0.15) is 0 Å². The van der Waals surface area contributed by atoms with Crippen LogP contribution in [0.25, 0.3) is 0 Å². The van der Waals surface area contributed by atoms with Gasteiger partial charge in [0.25, 0.3) is 0 Å². The third kappa shape index (κ3) is 0.956. The summed E-state index contributed by atoms with van der Waals surface area (Å²) in [7, 11) is 0. The normalized spacial score (nSPS) is 37.5. The van der Waals surface area contributed by atoms with E-state index in [2.05, 4.69) is 12.2 Å². The topological polar surface area (TPSA) is 21.3 Å². The Kier molecular flexibility index (Phi) is 1.46. The van der Waals surface area contributed by atoms with E-state index in [1.54, 1.807) is 0 Å². The van der Waals surface area contributed by atoms with Gasteiger partial charge in [-0.1, -0.05) is 6.92 Å². The van der Waals surface area contributed by atoms with E-state index in [1.165, 1.54) is 12.8 Å². The van der Waals surface area contributed by atoms with Crippen molar-refractivity contribution >= 4 is 0 Å². The minimum absolute atomic E-state index is 0.262. The molecule has 58 valence electrons. The lowest BCUT2D eigenvalue weighted by atomic mass is 9.83. The second kappa shape index (κ2) is 2.21. The fraction of sp³-hybridized carbons (Fsp3) is 1.00. The first-order chi connectivity index (χ1) is 4.81. The molecule has 2 saturated heterocycles. The largest absolute Gasteiger partial charge is 0.372 e. The van der Waals surface area contributed by atoms with Crippen LogP contribution in [0.5, 0.6) is 0 Å². The molecule has 0 bridgehead atoms. The first-order valence-electron chi connectivity index (χ1n) is 4.15. The molecule has 2 rings (SSSR count). The zero-order valence-corrected chi connectivity index (χ0v) is 6.52. The third-order valence-electron chi connectivity index (χ3n) is 2.63. The Balaban J connectivity index is 1.96. The Bertz CT molecular complexity index is 131. The molecule has 2 heterocycles. The molecule has 2 fully saturated rings. The third-order valence-corrected chi connectivity index (χ3v) is 2.63. The number of hydrogen-bond donors (Lipinski definition) is 1. The van der Waals surface area contributed by atoms with Crippen molar-refractivity contribution < 1.29 is 4.74 Å². The molecule has 2 aliphatic rings. The van der Waals surface area contributed by atoms with Gasteiger partial charge in [-0.25, -0.2) is 0 Å².